The second-order valence-electron chi connectivity index (χ2n) is 8.68. The van der Waals surface area contributed by atoms with Crippen molar-refractivity contribution < 1.29 is 22.4 Å². The van der Waals surface area contributed by atoms with Crippen molar-refractivity contribution in [3.8, 4) is 11.3 Å². The van der Waals surface area contributed by atoms with E-state index in [0.717, 1.165) is 24.2 Å². The monoisotopic (exact) mass is 476 g/mol. The molecule has 2 aliphatic heterocycles. The highest BCUT2D eigenvalue weighted by Crippen LogP contribution is 2.39. The molecule has 0 radical (unpaired) electrons. The summed E-state index contributed by atoms with van der Waals surface area (Å²) in [6, 6.07) is 9.67. The average molecular weight is 477 g/mol. The van der Waals surface area contributed by atoms with Crippen LogP contribution in [0.4, 0.5) is 13.2 Å². The first kappa shape index (κ1) is 21.8. The molecule has 2 atom stereocenters. The van der Waals surface area contributed by atoms with Crippen LogP contribution in [0, 0.1) is 12.8 Å². The maximum Gasteiger partial charge on any atom is 0.416 e. The maximum absolute atomic E-state index is 13.4. The van der Waals surface area contributed by atoms with Gasteiger partial charge >= 0.3 is 6.18 Å². The number of piperidine rings is 1. The van der Waals surface area contributed by atoms with E-state index in [9.17, 15) is 22.8 Å². The van der Waals surface area contributed by atoms with Crippen LogP contribution in [0.3, 0.4) is 0 Å². The van der Waals surface area contributed by atoms with Crippen LogP contribution in [0.25, 0.3) is 11.3 Å². The molecule has 2 aromatic heterocycles. The van der Waals surface area contributed by atoms with Crippen LogP contribution in [0.5, 0.6) is 0 Å². The second-order valence-corrected chi connectivity index (χ2v) is 9.09. The quantitative estimate of drug-likeness (QED) is 0.501. The van der Waals surface area contributed by atoms with Gasteiger partial charge in [-0.25, -0.2) is 0 Å². The number of halogens is 4. The van der Waals surface area contributed by atoms with Crippen LogP contribution in [-0.4, -0.2) is 28.5 Å². The van der Waals surface area contributed by atoms with Gasteiger partial charge in [-0.1, -0.05) is 17.7 Å². The summed E-state index contributed by atoms with van der Waals surface area (Å²) in [5.74, 6) is 0.397. The van der Waals surface area contributed by atoms with Gasteiger partial charge in [-0.05, 0) is 49.6 Å². The molecule has 172 valence electrons. The van der Waals surface area contributed by atoms with Crippen LogP contribution in [0.15, 0.2) is 51.7 Å². The molecule has 5 rings (SSSR count). The third-order valence-electron chi connectivity index (χ3n) is 6.47. The summed E-state index contributed by atoms with van der Waals surface area (Å²) in [5, 5.41) is 0.102. The second kappa shape index (κ2) is 7.80. The predicted octanol–water partition coefficient (Wildman–Crippen LogP) is 5.35. The van der Waals surface area contributed by atoms with E-state index < -0.39 is 11.7 Å². The molecule has 0 aliphatic carbocycles. The zero-order valence-corrected chi connectivity index (χ0v) is 18.4. The molecule has 1 amide bonds. The molecule has 33 heavy (non-hydrogen) atoms. The van der Waals surface area contributed by atoms with Crippen molar-refractivity contribution in [3.05, 3.63) is 80.4 Å². The van der Waals surface area contributed by atoms with E-state index >= 15 is 0 Å². The topological polar surface area (TPSA) is 55.5 Å². The van der Waals surface area contributed by atoms with E-state index in [-0.39, 0.29) is 39.6 Å². The maximum atomic E-state index is 13.4. The summed E-state index contributed by atoms with van der Waals surface area (Å²) in [7, 11) is 0. The van der Waals surface area contributed by atoms with Gasteiger partial charge in [-0.2, -0.15) is 13.2 Å². The molecule has 1 fully saturated rings. The largest absolute Gasteiger partial charge is 0.460 e. The number of hydrogen-bond acceptors (Lipinski definition) is 3. The first-order chi connectivity index (χ1) is 15.6. The Morgan fingerprint density at radius 2 is 1.91 bits per heavy atom. The van der Waals surface area contributed by atoms with Crippen LogP contribution in [-0.2, 0) is 12.7 Å². The molecule has 2 aliphatic rings. The number of fused-ring (bicyclic) bond motifs is 4. The molecule has 0 N–H and O–H groups in total. The number of pyridine rings is 1. The van der Waals surface area contributed by atoms with Crippen LogP contribution in [0.2, 0.25) is 5.02 Å². The van der Waals surface area contributed by atoms with Gasteiger partial charge in [0, 0.05) is 42.9 Å². The summed E-state index contributed by atoms with van der Waals surface area (Å²) >= 11 is 6.15. The average Bonchev–Trinajstić information content (AvgIpc) is 3.14. The van der Waals surface area contributed by atoms with Crippen molar-refractivity contribution in [1.82, 2.24) is 9.47 Å². The third-order valence-corrected chi connectivity index (χ3v) is 6.80. The van der Waals surface area contributed by atoms with Gasteiger partial charge in [-0.3, -0.25) is 9.59 Å². The van der Waals surface area contributed by atoms with E-state index in [1.165, 1.54) is 12.1 Å². The number of carbonyl (C=O) groups excluding carboxylic acids is 1. The van der Waals surface area contributed by atoms with Gasteiger partial charge in [0.1, 0.15) is 11.5 Å². The van der Waals surface area contributed by atoms with E-state index in [0.29, 0.717) is 31.0 Å². The van der Waals surface area contributed by atoms with Crippen molar-refractivity contribution >= 4 is 17.5 Å². The Hall–Kier alpha value is -3.00. The Kier molecular flexibility index (Phi) is 5.16. The van der Waals surface area contributed by atoms with Crippen molar-refractivity contribution in [2.75, 3.05) is 13.1 Å². The molecular weight excluding hydrogens is 457 g/mol. The summed E-state index contributed by atoms with van der Waals surface area (Å²) in [5.41, 5.74) is 0.426. The molecule has 2 unspecified atom stereocenters. The minimum Gasteiger partial charge on any atom is -0.460 e. The van der Waals surface area contributed by atoms with Gasteiger partial charge in [-0.15, -0.1) is 0 Å². The van der Waals surface area contributed by atoms with Crippen molar-refractivity contribution in [2.45, 2.75) is 32.0 Å². The van der Waals surface area contributed by atoms with Gasteiger partial charge in [0.15, 0.2) is 0 Å². The van der Waals surface area contributed by atoms with E-state index in [2.05, 4.69) is 0 Å². The number of benzene rings is 1. The molecule has 0 saturated carbocycles. The molecule has 1 saturated heterocycles. The summed E-state index contributed by atoms with van der Waals surface area (Å²) in [6.45, 7) is 3.13. The highest BCUT2D eigenvalue weighted by Gasteiger charge is 2.37. The number of hydrogen-bond donors (Lipinski definition) is 0. The Labute approximate surface area is 192 Å². The Morgan fingerprint density at radius 1 is 1.12 bits per heavy atom. The van der Waals surface area contributed by atoms with Crippen LogP contribution in [0.1, 0.15) is 39.7 Å². The van der Waals surface area contributed by atoms with Gasteiger partial charge in [0.05, 0.1) is 16.1 Å². The van der Waals surface area contributed by atoms with Crippen molar-refractivity contribution in [2.24, 2.45) is 5.92 Å². The standard InChI is InChI=1S/C24H20ClF3N2O3/c1-13-17(9-21(33-13)18-8-16(24(26,27)28)5-6-19(18)25)23(32)29-10-14-7-15(12-29)20-3-2-4-22(31)30(20)11-14/h2-6,8-9,14-15H,7,10-12H2,1H3. The number of nitrogens with zero attached hydrogens (tertiary/aromatic N) is 2. The first-order valence-corrected chi connectivity index (χ1v) is 11.0. The lowest BCUT2D eigenvalue weighted by Crippen LogP contribution is -2.49. The van der Waals surface area contributed by atoms with Crippen LogP contribution < -0.4 is 5.56 Å². The lowest BCUT2D eigenvalue weighted by Gasteiger charge is -2.42. The number of alkyl halides is 3. The highest BCUT2D eigenvalue weighted by molar-refractivity contribution is 6.33. The fourth-order valence-electron chi connectivity index (χ4n) is 4.95. The fraction of sp³-hybridized carbons (Fsp3) is 0.333. The minimum absolute atomic E-state index is 0.0322. The SMILES string of the molecule is Cc1oc(-c2cc(C(F)(F)F)ccc2Cl)cc1C(=O)N1CC2CC(C1)c1cccc(=O)n1C2. The van der Waals surface area contributed by atoms with Crippen molar-refractivity contribution in [3.63, 3.8) is 0 Å². The minimum atomic E-state index is -4.52. The smallest absolute Gasteiger partial charge is 0.416 e. The predicted molar refractivity (Wildman–Crippen MR) is 116 cm³/mol. The summed E-state index contributed by atoms with van der Waals surface area (Å²) < 4.78 is 46.9. The molecule has 5 nitrogen and oxygen atoms in total. The third kappa shape index (κ3) is 3.86. The lowest BCUT2D eigenvalue weighted by atomic mass is 9.83. The number of aryl methyl sites for hydroxylation is 1. The number of rotatable bonds is 2. The number of likely N-dealkylation sites (tertiary alicyclic amines) is 1. The molecule has 3 aromatic rings. The van der Waals surface area contributed by atoms with E-state index in [4.69, 9.17) is 16.0 Å². The highest BCUT2D eigenvalue weighted by atomic mass is 35.5. The zero-order chi connectivity index (χ0) is 23.5. The Morgan fingerprint density at radius 3 is 2.67 bits per heavy atom. The number of carbonyl (C=O) groups is 1. The molecule has 2 bridgehead atoms. The van der Waals surface area contributed by atoms with E-state index in [1.54, 1.807) is 28.5 Å². The number of amides is 1. The number of furan rings is 1. The van der Waals surface area contributed by atoms with Gasteiger partial charge in [0.25, 0.3) is 11.5 Å². The molecule has 1 aromatic carbocycles. The first-order valence-electron chi connectivity index (χ1n) is 10.6. The molecule has 4 heterocycles. The van der Waals surface area contributed by atoms with Crippen molar-refractivity contribution in [1.29, 1.82) is 0 Å². The normalized spacial score (nSPS) is 20.0. The Bertz CT molecular complexity index is 1310. The number of aromatic nitrogens is 1. The fourth-order valence-corrected chi connectivity index (χ4v) is 5.16. The summed E-state index contributed by atoms with van der Waals surface area (Å²) in [6.07, 6.45) is -3.62. The molecule has 9 heteroatoms. The van der Waals surface area contributed by atoms with Gasteiger partial charge in [0.2, 0.25) is 0 Å². The van der Waals surface area contributed by atoms with E-state index in [1.807, 2.05) is 6.07 Å². The zero-order valence-electron chi connectivity index (χ0n) is 17.7. The van der Waals surface area contributed by atoms with Gasteiger partial charge < -0.3 is 13.9 Å². The van der Waals surface area contributed by atoms with Crippen LogP contribution >= 0.6 is 11.6 Å². The Balaban J connectivity index is 1.44. The molecule has 0 spiro atoms. The lowest BCUT2D eigenvalue weighted by molar-refractivity contribution is -0.137. The summed E-state index contributed by atoms with van der Waals surface area (Å²) in [4.78, 5) is 27.3. The molecular formula is C24H20ClF3N2O3.